The van der Waals surface area contributed by atoms with Gasteiger partial charge in [-0.1, -0.05) is 29.3 Å². The van der Waals surface area contributed by atoms with Crippen LogP contribution >= 0.6 is 23.2 Å². The Hall–Kier alpha value is -3.89. The SMILES string of the molecule is O=C(Nc1ncn(Cc2c(Cl)cccc2Cl)n1)c1ccc(COc2ccc([N+](=O)[O-])cc2)o1. The summed E-state index contributed by atoms with van der Waals surface area (Å²) in [5.41, 5.74) is 0.651. The van der Waals surface area contributed by atoms with Gasteiger partial charge < -0.3 is 9.15 Å². The molecule has 33 heavy (non-hydrogen) atoms. The molecule has 4 rings (SSSR count). The zero-order valence-corrected chi connectivity index (χ0v) is 18.3. The number of ether oxygens (including phenoxy) is 1. The molecular formula is C21H15Cl2N5O5. The van der Waals surface area contributed by atoms with Gasteiger partial charge in [0.05, 0.1) is 11.5 Å². The van der Waals surface area contributed by atoms with E-state index in [1.807, 2.05) is 0 Å². The first-order valence-electron chi connectivity index (χ1n) is 9.48. The molecule has 0 radical (unpaired) electrons. The Bertz CT molecular complexity index is 1280. The van der Waals surface area contributed by atoms with Gasteiger partial charge in [-0.3, -0.25) is 20.2 Å². The molecule has 0 aliphatic rings. The Kier molecular flexibility index (Phi) is 6.57. The fourth-order valence-corrected chi connectivity index (χ4v) is 3.35. The lowest BCUT2D eigenvalue weighted by Gasteiger charge is -2.06. The van der Waals surface area contributed by atoms with Crippen molar-refractivity contribution in [3.63, 3.8) is 0 Å². The summed E-state index contributed by atoms with van der Waals surface area (Å²) in [5.74, 6) is 0.415. The fraction of sp³-hybridized carbons (Fsp3) is 0.0952. The summed E-state index contributed by atoms with van der Waals surface area (Å²) < 4.78 is 12.5. The molecule has 0 fully saturated rings. The van der Waals surface area contributed by atoms with Crippen LogP contribution in [0.2, 0.25) is 10.0 Å². The maximum atomic E-state index is 12.4. The number of amides is 1. The molecule has 0 spiro atoms. The number of nitrogens with zero attached hydrogens (tertiary/aromatic N) is 4. The van der Waals surface area contributed by atoms with E-state index in [-0.39, 0.29) is 30.5 Å². The molecule has 2 aromatic heterocycles. The van der Waals surface area contributed by atoms with Gasteiger partial charge in [-0.05, 0) is 36.4 Å². The maximum Gasteiger partial charge on any atom is 0.293 e. The van der Waals surface area contributed by atoms with Crippen LogP contribution in [0, 0.1) is 10.1 Å². The zero-order valence-electron chi connectivity index (χ0n) is 16.8. The molecule has 2 aromatic carbocycles. The highest BCUT2D eigenvalue weighted by molar-refractivity contribution is 6.35. The van der Waals surface area contributed by atoms with Gasteiger partial charge >= 0.3 is 0 Å². The van der Waals surface area contributed by atoms with Gasteiger partial charge in [0.1, 0.15) is 24.4 Å². The molecule has 2 heterocycles. The van der Waals surface area contributed by atoms with E-state index in [1.54, 1.807) is 24.3 Å². The molecule has 1 amide bonds. The van der Waals surface area contributed by atoms with Gasteiger partial charge in [0, 0.05) is 27.7 Å². The van der Waals surface area contributed by atoms with Crippen molar-refractivity contribution >= 4 is 40.7 Å². The molecule has 168 valence electrons. The van der Waals surface area contributed by atoms with Crippen molar-refractivity contribution in [2.75, 3.05) is 5.32 Å². The number of benzene rings is 2. The molecular weight excluding hydrogens is 473 g/mol. The highest BCUT2D eigenvalue weighted by atomic mass is 35.5. The van der Waals surface area contributed by atoms with Gasteiger partial charge in [0.25, 0.3) is 11.6 Å². The summed E-state index contributed by atoms with van der Waals surface area (Å²) in [6.45, 7) is 0.322. The first-order chi connectivity index (χ1) is 15.9. The molecule has 1 N–H and O–H groups in total. The molecule has 12 heteroatoms. The topological polar surface area (TPSA) is 125 Å². The normalized spacial score (nSPS) is 10.7. The molecule has 0 saturated carbocycles. The van der Waals surface area contributed by atoms with E-state index in [1.165, 1.54) is 41.3 Å². The molecule has 0 aliphatic heterocycles. The van der Waals surface area contributed by atoms with Crippen LogP contribution in [0.15, 0.2) is 65.3 Å². The predicted molar refractivity (Wildman–Crippen MR) is 120 cm³/mol. The summed E-state index contributed by atoms with van der Waals surface area (Å²) >= 11 is 12.3. The van der Waals surface area contributed by atoms with E-state index in [2.05, 4.69) is 15.4 Å². The van der Waals surface area contributed by atoms with Gasteiger partial charge in [-0.15, -0.1) is 5.10 Å². The van der Waals surface area contributed by atoms with Gasteiger partial charge in [0.15, 0.2) is 5.76 Å². The van der Waals surface area contributed by atoms with E-state index < -0.39 is 10.8 Å². The number of hydrogen-bond donors (Lipinski definition) is 1. The Balaban J connectivity index is 1.34. The number of halogens is 2. The summed E-state index contributed by atoms with van der Waals surface area (Å²) in [6, 6.07) is 13.9. The second-order valence-corrected chi connectivity index (χ2v) is 7.54. The second kappa shape index (κ2) is 9.72. The summed E-state index contributed by atoms with van der Waals surface area (Å²) in [5, 5.41) is 18.4. The van der Waals surface area contributed by atoms with Crippen molar-refractivity contribution in [1.29, 1.82) is 0 Å². The Morgan fingerprint density at radius 1 is 1.12 bits per heavy atom. The van der Waals surface area contributed by atoms with Gasteiger partial charge in [0.2, 0.25) is 5.95 Å². The molecule has 10 nitrogen and oxygen atoms in total. The predicted octanol–water partition coefficient (Wildman–Crippen LogP) is 4.97. The second-order valence-electron chi connectivity index (χ2n) is 6.73. The van der Waals surface area contributed by atoms with Gasteiger partial charge in [-0.2, -0.15) is 0 Å². The number of aromatic nitrogens is 3. The summed E-state index contributed by atoms with van der Waals surface area (Å²) in [6.07, 6.45) is 1.45. The lowest BCUT2D eigenvalue weighted by Crippen LogP contribution is -2.12. The minimum atomic E-state index is -0.537. The lowest BCUT2D eigenvalue weighted by molar-refractivity contribution is -0.384. The van der Waals surface area contributed by atoms with Crippen LogP contribution in [0.1, 0.15) is 21.9 Å². The number of rotatable bonds is 8. The Labute approximate surface area is 196 Å². The number of furan rings is 1. The van der Waals surface area contributed by atoms with Crippen LogP contribution in [-0.4, -0.2) is 25.6 Å². The number of nitro groups is 1. The van der Waals surface area contributed by atoms with Crippen molar-refractivity contribution in [2.45, 2.75) is 13.2 Å². The number of hydrogen-bond acceptors (Lipinski definition) is 7. The number of non-ortho nitro benzene ring substituents is 1. The van der Waals surface area contributed by atoms with Crippen LogP contribution < -0.4 is 10.1 Å². The van der Waals surface area contributed by atoms with E-state index in [4.69, 9.17) is 32.4 Å². The van der Waals surface area contributed by atoms with E-state index in [0.717, 1.165) is 0 Å². The minimum Gasteiger partial charge on any atom is -0.486 e. The molecule has 0 unspecified atom stereocenters. The zero-order chi connectivity index (χ0) is 23.4. The fourth-order valence-electron chi connectivity index (χ4n) is 2.83. The van der Waals surface area contributed by atoms with Gasteiger partial charge in [-0.25, -0.2) is 9.67 Å². The van der Waals surface area contributed by atoms with E-state index in [0.29, 0.717) is 27.1 Å². The first kappa shape index (κ1) is 22.3. The Morgan fingerprint density at radius 3 is 2.55 bits per heavy atom. The van der Waals surface area contributed by atoms with Crippen LogP contribution in [0.3, 0.4) is 0 Å². The average molecular weight is 488 g/mol. The number of carbonyl (C=O) groups is 1. The minimum absolute atomic E-state index is 0.0367. The quantitative estimate of drug-likeness (QED) is 0.274. The van der Waals surface area contributed by atoms with E-state index >= 15 is 0 Å². The third-order valence-electron chi connectivity index (χ3n) is 4.46. The third-order valence-corrected chi connectivity index (χ3v) is 5.17. The monoisotopic (exact) mass is 487 g/mol. The third kappa shape index (κ3) is 5.48. The van der Waals surface area contributed by atoms with Crippen molar-refractivity contribution in [1.82, 2.24) is 14.8 Å². The summed E-state index contributed by atoms with van der Waals surface area (Å²) in [4.78, 5) is 26.7. The maximum absolute atomic E-state index is 12.4. The van der Waals surface area contributed by atoms with Crippen molar-refractivity contribution in [3.8, 4) is 5.75 Å². The average Bonchev–Trinajstić information content (AvgIpc) is 3.45. The van der Waals surface area contributed by atoms with Crippen molar-refractivity contribution in [2.24, 2.45) is 0 Å². The Morgan fingerprint density at radius 2 is 1.85 bits per heavy atom. The smallest absolute Gasteiger partial charge is 0.293 e. The van der Waals surface area contributed by atoms with Crippen molar-refractivity contribution < 1.29 is 18.9 Å². The standard InChI is InChI=1S/C21H15Cl2N5O5/c22-17-2-1-3-18(23)16(17)10-27-12-24-21(26-27)25-20(29)19-9-8-15(33-19)11-32-14-6-4-13(5-7-14)28(30)31/h1-9,12H,10-11H2,(H,25,26,29). The lowest BCUT2D eigenvalue weighted by atomic mass is 10.2. The van der Waals surface area contributed by atoms with Crippen LogP contribution in [0.25, 0.3) is 0 Å². The first-order valence-corrected chi connectivity index (χ1v) is 10.2. The van der Waals surface area contributed by atoms with E-state index in [9.17, 15) is 14.9 Å². The number of nitrogens with one attached hydrogen (secondary N) is 1. The number of anilines is 1. The number of nitro benzene ring substituents is 1. The molecule has 0 saturated heterocycles. The van der Waals surface area contributed by atoms with Crippen LogP contribution in [0.4, 0.5) is 11.6 Å². The molecule has 0 aliphatic carbocycles. The highest BCUT2D eigenvalue weighted by Gasteiger charge is 2.15. The molecule has 0 atom stereocenters. The molecule has 4 aromatic rings. The van der Waals surface area contributed by atoms with Crippen molar-refractivity contribution in [3.05, 3.63) is 98.2 Å². The van der Waals surface area contributed by atoms with Crippen LogP contribution in [-0.2, 0) is 13.2 Å². The molecule has 0 bridgehead atoms. The van der Waals surface area contributed by atoms with Crippen LogP contribution in [0.5, 0.6) is 5.75 Å². The largest absolute Gasteiger partial charge is 0.486 e. The highest BCUT2D eigenvalue weighted by Crippen LogP contribution is 2.25. The summed E-state index contributed by atoms with van der Waals surface area (Å²) in [7, 11) is 0. The number of carbonyl (C=O) groups excluding carboxylic acids is 1.